The molecule has 0 radical (unpaired) electrons. The van der Waals surface area contributed by atoms with E-state index in [9.17, 15) is 14.4 Å². The highest BCUT2D eigenvalue weighted by molar-refractivity contribution is 5.98. The molecule has 3 rings (SSSR count). The Labute approximate surface area is 175 Å². The first-order valence-corrected chi connectivity index (χ1v) is 9.98. The minimum Gasteiger partial charge on any atom is -0.496 e. The molecule has 0 bridgehead atoms. The van der Waals surface area contributed by atoms with Gasteiger partial charge in [-0.3, -0.25) is 14.4 Å². The summed E-state index contributed by atoms with van der Waals surface area (Å²) >= 11 is 0. The van der Waals surface area contributed by atoms with Gasteiger partial charge in [-0.2, -0.15) is 0 Å². The summed E-state index contributed by atoms with van der Waals surface area (Å²) in [5.41, 5.74) is 2.66. The van der Waals surface area contributed by atoms with Gasteiger partial charge in [0.15, 0.2) is 6.10 Å². The Hall–Kier alpha value is -3.35. The number of rotatable bonds is 7. The molecule has 7 heteroatoms. The van der Waals surface area contributed by atoms with Crippen molar-refractivity contribution in [2.45, 2.75) is 38.3 Å². The largest absolute Gasteiger partial charge is 0.496 e. The first-order chi connectivity index (χ1) is 14.5. The average molecular weight is 410 g/mol. The Kier molecular flexibility index (Phi) is 7.06. The standard InChI is InChI=1S/C23H26N2O5/c1-15(22(27)25-19-12-7-9-16-8-3-4-10-17(16)19)30-21(26)14-24-23(28)18-11-5-6-13-20(18)29-2/h3-6,8,10-11,13,15,19H,7,9,12,14H2,1-2H3,(H,24,28)(H,25,27)/t15-,19+/m0/s1. The van der Waals surface area contributed by atoms with Gasteiger partial charge >= 0.3 is 5.97 Å². The minimum atomic E-state index is -0.963. The number of benzene rings is 2. The number of esters is 1. The van der Waals surface area contributed by atoms with Gasteiger partial charge in [0.25, 0.3) is 11.8 Å². The van der Waals surface area contributed by atoms with Gasteiger partial charge in [-0.05, 0) is 49.4 Å². The molecule has 1 aliphatic carbocycles. The van der Waals surface area contributed by atoms with E-state index in [0.29, 0.717) is 11.3 Å². The highest BCUT2D eigenvalue weighted by Crippen LogP contribution is 2.29. The fourth-order valence-electron chi connectivity index (χ4n) is 3.57. The first-order valence-electron chi connectivity index (χ1n) is 9.98. The second-order valence-corrected chi connectivity index (χ2v) is 7.17. The number of nitrogens with one attached hydrogen (secondary N) is 2. The summed E-state index contributed by atoms with van der Waals surface area (Å²) in [4.78, 5) is 36.8. The van der Waals surface area contributed by atoms with Crippen LogP contribution in [0.3, 0.4) is 0 Å². The molecule has 7 nitrogen and oxygen atoms in total. The monoisotopic (exact) mass is 410 g/mol. The fraction of sp³-hybridized carbons (Fsp3) is 0.348. The van der Waals surface area contributed by atoms with Crippen LogP contribution in [0.4, 0.5) is 0 Å². The number of amides is 2. The third kappa shape index (κ3) is 5.17. The number of carbonyl (C=O) groups is 3. The van der Waals surface area contributed by atoms with Crippen LogP contribution in [-0.4, -0.2) is 37.5 Å². The maximum Gasteiger partial charge on any atom is 0.326 e. The van der Waals surface area contributed by atoms with Crippen LogP contribution in [0.2, 0.25) is 0 Å². The maximum absolute atomic E-state index is 12.5. The summed E-state index contributed by atoms with van der Waals surface area (Å²) in [6.45, 7) is 1.17. The summed E-state index contributed by atoms with van der Waals surface area (Å²) in [5.74, 6) is -1.10. The molecule has 0 fully saturated rings. The molecule has 30 heavy (non-hydrogen) atoms. The summed E-state index contributed by atoms with van der Waals surface area (Å²) in [5, 5.41) is 5.45. The van der Waals surface area contributed by atoms with E-state index in [-0.39, 0.29) is 18.5 Å². The van der Waals surface area contributed by atoms with E-state index < -0.39 is 18.0 Å². The molecule has 2 aromatic carbocycles. The second kappa shape index (κ2) is 9.91. The topological polar surface area (TPSA) is 93.7 Å². The fourth-order valence-corrected chi connectivity index (χ4v) is 3.57. The number of fused-ring (bicyclic) bond motifs is 1. The molecule has 0 unspecified atom stereocenters. The number of para-hydroxylation sites is 1. The Balaban J connectivity index is 1.50. The van der Waals surface area contributed by atoms with Crippen molar-refractivity contribution in [2.75, 3.05) is 13.7 Å². The predicted octanol–water partition coefficient (Wildman–Crippen LogP) is 2.55. The maximum atomic E-state index is 12.5. The van der Waals surface area contributed by atoms with Crippen molar-refractivity contribution < 1.29 is 23.9 Å². The van der Waals surface area contributed by atoms with Crippen LogP contribution in [0.15, 0.2) is 48.5 Å². The molecule has 0 aromatic heterocycles. The van der Waals surface area contributed by atoms with Crippen molar-refractivity contribution in [2.24, 2.45) is 0 Å². The molecule has 1 aliphatic rings. The first kappa shape index (κ1) is 21.4. The van der Waals surface area contributed by atoms with Crippen molar-refractivity contribution >= 4 is 17.8 Å². The van der Waals surface area contributed by atoms with Gasteiger partial charge in [-0.15, -0.1) is 0 Å². The normalized spacial score (nSPS) is 16.0. The second-order valence-electron chi connectivity index (χ2n) is 7.17. The molecule has 0 spiro atoms. The Morgan fingerprint density at radius 1 is 1.10 bits per heavy atom. The summed E-state index contributed by atoms with van der Waals surface area (Å²) in [6.07, 6.45) is 1.87. The van der Waals surface area contributed by atoms with Gasteiger partial charge in [0.1, 0.15) is 12.3 Å². The van der Waals surface area contributed by atoms with Crippen molar-refractivity contribution in [3.05, 3.63) is 65.2 Å². The highest BCUT2D eigenvalue weighted by Gasteiger charge is 2.25. The zero-order chi connectivity index (χ0) is 21.5. The molecule has 0 saturated carbocycles. The van der Waals surface area contributed by atoms with Crippen LogP contribution >= 0.6 is 0 Å². The van der Waals surface area contributed by atoms with Crippen LogP contribution < -0.4 is 15.4 Å². The molecule has 158 valence electrons. The summed E-state index contributed by atoms with van der Waals surface area (Å²) in [7, 11) is 1.46. The Morgan fingerprint density at radius 3 is 2.63 bits per heavy atom. The summed E-state index contributed by atoms with van der Waals surface area (Å²) < 4.78 is 10.3. The van der Waals surface area contributed by atoms with Gasteiger partial charge < -0.3 is 20.1 Å². The molecular formula is C23H26N2O5. The summed E-state index contributed by atoms with van der Waals surface area (Å²) in [6, 6.07) is 14.6. The van der Waals surface area contributed by atoms with Crippen LogP contribution in [0.5, 0.6) is 5.75 Å². The Morgan fingerprint density at radius 2 is 1.83 bits per heavy atom. The van der Waals surface area contributed by atoms with E-state index in [1.165, 1.54) is 19.6 Å². The average Bonchev–Trinajstić information content (AvgIpc) is 2.77. The van der Waals surface area contributed by atoms with E-state index in [2.05, 4.69) is 16.7 Å². The number of hydrogen-bond donors (Lipinski definition) is 2. The van der Waals surface area contributed by atoms with E-state index in [1.54, 1.807) is 24.3 Å². The zero-order valence-corrected chi connectivity index (χ0v) is 17.1. The van der Waals surface area contributed by atoms with Crippen molar-refractivity contribution in [1.82, 2.24) is 10.6 Å². The third-order valence-electron chi connectivity index (χ3n) is 5.11. The van der Waals surface area contributed by atoms with E-state index in [0.717, 1.165) is 24.8 Å². The van der Waals surface area contributed by atoms with Crippen molar-refractivity contribution in [1.29, 1.82) is 0 Å². The Bertz CT molecular complexity index is 927. The lowest BCUT2D eigenvalue weighted by Crippen LogP contribution is -2.41. The van der Waals surface area contributed by atoms with Gasteiger partial charge in [0.2, 0.25) is 0 Å². The molecule has 2 amide bonds. The van der Waals surface area contributed by atoms with Crippen LogP contribution in [0.1, 0.15) is 47.3 Å². The molecule has 2 N–H and O–H groups in total. The highest BCUT2D eigenvalue weighted by atomic mass is 16.5. The number of methoxy groups -OCH3 is 1. The lowest BCUT2D eigenvalue weighted by Gasteiger charge is -2.27. The van der Waals surface area contributed by atoms with Crippen molar-refractivity contribution in [3.8, 4) is 5.75 Å². The third-order valence-corrected chi connectivity index (χ3v) is 5.11. The molecule has 0 aliphatic heterocycles. The van der Waals surface area contributed by atoms with Crippen LogP contribution in [-0.2, 0) is 20.7 Å². The zero-order valence-electron chi connectivity index (χ0n) is 17.1. The van der Waals surface area contributed by atoms with Crippen LogP contribution in [0, 0.1) is 0 Å². The number of carbonyl (C=O) groups excluding carboxylic acids is 3. The van der Waals surface area contributed by atoms with Crippen molar-refractivity contribution in [3.63, 3.8) is 0 Å². The van der Waals surface area contributed by atoms with E-state index in [1.807, 2.05) is 18.2 Å². The van der Waals surface area contributed by atoms with Gasteiger partial charge in [0, 0.05) is 0 Å². The molecule has 0 heterocycles. The van der Waals surface area contributed by atoms with E-state index >= 15 is 0 Å². The molecule has 0 saturated heterocycles. The predicted molar refractivity (Wildman–Crippen MR) is 111 cm³/mol. The smallest absolute Gasteiger partial charge is 0.326 e. The van der Waals surface area contributed by atoms with Gasteiger partial charge in [0.05, 0.1) is 18.7 Å². The SMILES string of the molecule is COc1ccccc1C(=O)NCC(=O)O[C@@H](C)C(=O)N[C@@H]1CCCc2ccccc21. The van der Waals surface area contributed by atoms with E-state index in [4.69, 9.17) is 9.47 Å². The van der Waals surface area contributed by atoms with Gasteiger partial charge in [-0.1, -0.05) is 36.4 Å². The quantitative estimate of drug-likeness (QED) is 0.685. The van der Waals surface area contributed by atoms with Crippen LogP contribution in [0.25, 0.3) is 0 Å². The molecule has 2 atom stereocenters. The van der Waals surface area contributed by atoms with Gasteiger partial charge in [-0.25, -0.2) is 0 Å². The number of ether oxygens (including phenoxy) is 2. The molecular weight excluding hydrogens is 384 g/mol. The number of hydrogen-bond acceptors (Lipinski definition) is 5. The lowest BCUT2D eigenvalue weighted by atomic mass is 9.87. The minimum absolute atomic E-state index is 0.0890. The lowest BCUT2D eigenvalue weighted by molar-refractivity contribution is -0.154. The number of aryl methyl sites for hydroxylation is 1. The molecule has 2 aromatic rings.